The lowest BCUT2D eigenvalue weighted by molar-refractivity contribution is -0.118. The number of fused-ring (bicyclic) bond motifs is 2. The molecule has 0 aromatic carbocycles. The number of hydrogen-bond acceptors (Lipinski definition) is 1. The SMILES string of the molecule is CC(=O)NC1=CC2=CC=CC=C(C=C1)C2. The molecule has 0 aromatic heterocycles. The third-order valence-corrected chi connectivity index (χ3v) is 2.28. The number of carbonyl (C=O) groups is 1. The summed E-state index contributed by atoms with van der Waals surface area (Å²) in [6, 6.07) is 0. The van der Waals surface area contributed by atoms with Gasteiger partial charge in [-0.1, -0.05) is 30.4 Å². The predicted molar refractivity (Wildman–Crippen MR) is 61.0 cm³/mol. The van der Waals surface area contributed by atoms with E-state index in [-0.39, 0.29) is 5.91 Å². The molecule has 2 bridgehead atoms. The normalized spacial score (nSPS) is 18.3. The van der Waals surface area contributed by atoms with Crippen LogP contribution >= 0.6 is 0 Å². The summed E-state index contributed by atoms with van der Waals surface area (Å²) in [5.74, 6) is -0.0368. The minimum Gasteiger partial charge on any atom is -0.326 e. The second kappa shape index (κ2) is 4.13. The first-order chi connectivity index (χ1) is 7.24. The number of rotatable bonds is 1. The van der Waals surface area contributed by atoms with Gasteiger partial charge in [-0.05, 0) is 29.7 Å². The van der Waals surface area contributed by atoms with Crippen molar-refractivity contribution in [3.05, 3.63) is 59.4 Å². The van der Waals surface area contributed by atoms with Gasteiger partial charge in [0.2, 0.25) is 5.91 Å². The zero-order valence-electron chi connectivity index (χ0n) is 8.66. The smallest absolute Gasteiger partial charge is 0.221 e. The molecular weight excluding hydrogens is 186 g/mol. The number of carbonyl (C=O) groups excluding carboxylic acids is 1. The molecule has 2 aliphatic rings. The van der Waals surface area contributed by atoms with Crippen LogP contribution in [0.1, 0.15) is 13.3 Å². The van der Waals surface area contributed by atoms with Gasteiger partial charge in [0.1, 0.15) is 0 Å². The summed E-state index contributed by atoms with van der Waals surface area (Å²) >= 11 is 0. The fraction of sp³-hybridized carbons (Fsp3) is 0.154. The lowest BCUT2D eigenvalue weighted by Gasteiger charge is -2.01. The van der Waals surface area contributed by atoms with E-state index in [1.807, 2.05) is 30.4 Å². The highest BCUT2D eigenvalue weighted by Gasteiger charge is 2.06. The number of hydrogen-bond donors (Lipinski definition) is 1. The molecule has 1 amide bonds. The molecule has 0 saturated heterocycles. The summed E-state index contributed by atoms with van der Waals surface area (Å²) in [5, 5.41) is 2.80. The van der Waals surface area contributed by atoms with Crippen molar-refractivity contribution in [1.29, 1.82) is 0 Å². The molecule has 0 unspecified atom stereocenters. The van der Waals surface area contributed by atoms with Gasteiger partial charge >= 0.3 is 0 Å². The van der Waals surface area contributed by atoms with E-state index >= 15 is 0 Å². The van der Waals surface area contributed by atoms with Crippen LogP contribution in [0.4, 0.5) is 0 Å². The second-order valence-corrected chi connectivity index (χ2v) is 3.66. The standard InChI is InChI=1S/C13H13NO/c1-10(15)14-13-7-6-11-4-2-3-5-12(8-11)9-13/h2-7,9H,8H2,1H3,(H,14,15). The minimum atomic E-state index is -0.0368. The molecule has 0 atom stereocenters. The molecular formula is C13H13NO. The van der Waals surface area contributed by atoms with Crippen LogP contribution in [0.5, 0.6) is 0 Å². The third kappa shape index (κ3) is 2.56. The van der Waals surface area contributed by atoms with Gasteiger partial charge in [-0.2, -0.15) is 0 Å². The fourth-order valence-electron chi connectivity index (χ4n) is 1.65. The Morgan fingerprint density at radius 3 is 2.67 bits per heavy atom. The molecule has 2 nitrogen and oxygen atoms in total. The van der Waals surface area contributed by atoms with Crippen molar-refractivity contribution in [2.45, 2.75) is 13.3 Å². The van der Waals surface area contributed by atoms with Gasteiger partial charge in [-0.15, -0.1) is 0 Å². The molecule has 2 rings (SSSR count). The lowest BCUT2D eigenvalue weighted by atomic mass is 10.1. The molecule has 0 saturated carbocycles. The van der Waals surface area contributed by atoms with Crippen molar-refractivity contribution in [1.82, 2.24) is 5.32 Å². The molecule has 15 heavy (non-hydrogen) atoms. The van der Waals surface area contributed by atoms with E-state index in [0.717, 1.165) is 12.1 Å². The lowest BCUT2D eigenvalue weighted by Crippen LogP contribution is -2.17. The molecule has 1 N–H and O–H groups in total. The molecule has 0 radical (unpaired) electrons. The van der Waals surface area contributed by atoms with E-state index in [1.54, 1.807) is 0 Å². The van der Waals surface area contributed by atoms with Crippen molar-refractivity contribution in [3.8, 4) is 0 Å². The summed E-state index contributed by atoms with van der Waals surface area (Å²) in [4.78, 5) is 11.0. The van der Waals surface area contributed by atoms with Gasteiger partial charge in [-0.3, -0.25) is 4.79 Å². The predicted octanol–water partition coefficient (Wildman–Crippen LogP) is 2.39. The zero-order chi connectivity index (χ0) is 10.7. The van der Waals surface area contributed by atoms with Crippen LogP contribution in [0.15, 0.2) is 59.4 Å². The fourth-order valence-corrected chi connectivity index (χ4v) is 1.65. The van der Waals surface area contributed by atoms with Crippen LogP contribution in [-0.2, 0) is 4.79 Å². The summed E-state index contributed by atoms with van der Waals surface area (Å²) in [6.07, 6.45) is 15.1. The number of nitrogens with one attached hydrogen (secondary N) is 1. The maximum Gasteiger partial charge on any atom is 0.221 e. The first-order valence-electron chi connectivity index (χ1n) is 4.98. The van der Waals surface area contributed by atoms with E-state index in [2.05, 4.69) is 17.5 Å². The van der Waals surface area contributed by atoms with Crippen LogP contribution < -0.4 is 5.32 Å². The van der Waals surface area contributed by atoms with Gasteiger partial charge in [0.15, 0.2) is 0 Å². The van der Waals surface area contributed by atoms with E-state index in [1.165, 1.54) is 18.1 Å². The Labute approximate surface area is 89.4 Å². The average molecular weight is 199 g/mol. The molecule has 0 heterocycles. The van der Waals surface area contributed by atoms with E-state index in [9.17, 15) is 4.79 Å². The van der Waals surface area contributed by atoms with E-state index < -0.39 is 0 Å². The summed E-state index contributed by atoms with van der Waals surface area (Å²) < 4.78 is 0. The van der Waals surface area contributed by atoms with Crippen molar-refractivity contribution in [2.75, 3.05) is 0 Å². The molecule has 0 aromatic rings. The Morgan fingerprint density at radius 1 is 1.20 bits per heavy atom. The van der Waals surface area contributed by atoms with E-state index in [4.69, 9.17) is 0 Å². The maximum atomic E-state index is 11.0. The Balaban J connectivity index is 2.32. The van der Waals surface area contributed by atoms with Gasteiger partial charge in [-0.25, -0.2) is 0 Å². The summed E-state index contributed by atoms with van der Waals surface area (Å²) in [6.45, 7) is 1.52. The zero-order valence-corrected chi connectivity index (χ0v) is 8.66. The Hall–Kier alpha value is -1.83. The van der Waals surface area contributed by atoms with Gasteiger partial charge in [0, 0.05) is 12.6 Å². The Bertz CT molecular complexity index is 433. The van der Waals surface area contributed by atoms with Gasteiger partial charge in [0.05, 0.1) is 0 Å². The van der Waals surface area contributed by atoms with Crippen LogP contribution in [0.3, 0.4) is 0 Å². The molecule has 2 aliphatic carbocycles. The van der Waals surface area contributed by atoms with Crippen LogP contribution in [0.25, 0.3) is 0 Å². The second-order valence-electron chi connectivity index (χ2n) is 3.66. The third-order valence-electron chi connectivity index (χ3n) is 2.28. The quantitative estimate of drug-likeness (QED) is 0.690. The minimum absolute atomic E-state index is 0.0368. The van der Waals surface area contributed by atoms with Crippen molar-refractivity contribution >= 4 is 5.91 Å². The first-order valence-corrected chi connectivity index (χ1v) is 4.98. The topological polar surface area (TPSA) is 29.1 Å². The van der Waals surface area contributed by atoms with Crippen LogP contribution in [0.2, 0.25) is 0 Å². The summed E-state index contributed by atoms with van der Waals surface area (Å²) in [7, 11) is 0. The Morgan fingerprint density at radius 2 is 1.93 bits per heavy atom. The highest BCUT2D eigenvalue weighted by atomic mass is 16.1. The van der Waals surface area contributed by atoms with Crippen molar-refractivity contribution in [3.63, 3.8) is 0 Å². The molecule has 0 spiro atoms. The largest absolute Gasteiger partial charge is 0.326 e. The van der Waals surface area contributed by atoms with Crippen LogP contribution in [0, 0.1) is 0 Å². The van der Waals surface area contributed by atoms with Gasteiger partial charge < -0.3 is 5.32 Å². The first kappa shape index (κ1) is 9.71. The number of allylic oxidation sites excluding steroid dienone is 9. The van der Waals surface area contributed by atoms with E-state index in [0.29, 0.717) is 0 Å². The maximum absolute atomic E-state index is 11.0. The van der Waals surface area contributed by atoms with Gasteiger partial charge in [0.25, 0.3) is 0 Å². The summed E-state index contributed by atoms with van der Waals surface area (Å²) in [5.41, 5.74) is 3.32. The molecule has 0 aliphatic heterocycles. The van der Waals surface area contributed by atoms with Crippen LogP contribution in [-0.4, -0.2) is 5.91 Å². The van der Waals surface area contributed by atoms with Crippen molar-refractivity contribution in [2.24, 2.45) is 0 Å². The molecule has 2 heteroatoms. The van der Waals surface area contributed by atoms with Crippen molar-refractivity contribution < 1.29 is 4.79 Å². The monoisotopic (exact) mass is 199 g/mol. The highest BCUT2D eigenvalue weighted by molar-refractivity contribution is 5.75. The number of amides is 1. The average Bonchev–Trinajstić information content (AvgIpc) is 2.49. The molecule has 0 fully saturated rings. The molecule has 76 valence electrons. The Kier molecular flexibility index (Phi) is 2.68. The highest BCUT2D eigenvalue weighted by Crippen LogP contribution is 2.21.